The van der Waals surface area contributed by atoms with Crippen molar-refractivity contribution in [1.29, 1.82) is 0 Å². The second-order valence-electron chi connectivity index (χ2n) is 4.66. The van der Waals surface area contributed by atoms with Crippen LogP contribution < -0.4 is 4.90 Å². The summed E-state index contributed by atoms with van der Waals surface area (Å²) in [7, 11) is 1.67. The van der Waals surface area contributed by atoms with Gasteiger partial charge in [0.15, 0.2) is 0 Å². The van der Waals surface area contributed by atoms with Crippen LogP contribution in [0.4, 0.5) is 5.13 Å². The van der Waals surface area contributed by atoms with Gasteiger partial charge in [-0.25, -0.2) is 0 Å². The van der Waals surface area contributed by atoms with Gasteiger partial charge >= 0.3 is 0 Å². The van der Waals surface area contributed by atoms with E-state index in [4.69, 9.17) is 4.74 Å². The number of hydrogen-bond donors (Lipinski definition) is 1. The summed E-state index contributed by atoms with van der Waals surface area (Å²) in [4.78, 5) is 2.20. The summed E-state index contributed by atoms with van der Waals surface area (Å²) in [5.41, 5.74) is 1.14. The fraction of sp³-hybridized carbons (Fsp3) is 0.818. The zero-order valence-corrected chi connectivity index (χ0v) is 11.1. The lowest BCUT2D eigenvalue weighted by Crippen LogP contribution is -2.51. The Hall–Kier alpha value is -0.720. The Balaban J connectivity index is 1.97. The predicted octanol–water partition coefficient (Wildman–Crippen LogP) is 1.15. The van der Waals surface area contributed by atoms with Crippen molar-refractivity contribution in [3.8, 4) is 0 Å². The second kappa shape index (κ2) is 5.29. The predicted molar refractivity (Wildman–Crippen MR) is 67.3 cm³/mol. The summed E-state index contributed by atoms with van der Waals surface area (Å²) < 4.78 is 5.06. The Kier molecular flexibility index (Phi) is 3.96. The Morgan fingerprint density at radius 1 is 1.71 bits per heavy atom. The number of anilines is 1. The summed E-state index contributed by atoms with van der Waals surface area (Å²) in [6, 6.07) is 0. The number of aliphatic hydroxyl groups is 1. The number of aromatic nitrogens is 2. The van der Waals surface area contributed by atoms with E-state index in [1.54, 1.807) is 24.0 Å². The fourth-order valence-corrected chi connectivity index (χ4v) is 2.89. The van der Waals surface area contributed by atoms with Crippen LogP contribution in [0.5, 0.6) is 0 Å². The number of rotatable bonds is 4. The van der Waals surface area contributed by atoms with E-state index in [1.165, 1.54) is 0 Å². The molecule has 1 saturated heterocycles. The molecule has 0 saturated carbocycles. The summed E-state index contributed by atoms with van der Waals surface area (Å²) in [6.07, 6.45) is 1.46. The van der Waals surface area contributed by atoms with Crippen LogP contribution in [-0.2, 0) is 4.74 Å². The highest BCUT2D eigenvalue weighted by Crippen LogP contribution is 2.33. The van der Waals surface area contributed by atoms with E-state index in [0.717, 1.165) is 24.6 Å². The van der Waals surface area contributed by atoms with Crippen molar-refractivity contribution in [3.05, 3.63) is 5.51 Å². The van der Waals surface area contributed by atoms with Gasteiger partial charge in [0, 0.05) is 32.7 Å². The molecule has 1 N–H and O–H groups in total. The number of piperidine rings is 1. The van der Waals surface area contributed by atoms with Crippen LogP contribution in [-0.4, -0.2) is 47.7 Å². The quantitative estimate of drug-likeness (QED) is 0.877. The molecule has 1 aromatic heterocycles. The minimum Gasteiger partial charge on any atom is -0.389 e. The van der Waals surface area contributed by atoms with E-state index in [9.17, 15) is 5.11 Å². The monoisotopic (exact) mass is 257 g/mol. The molecule has 2 atom stereocenters. The summed E-state index contributed by atoms with van der Waals surface area (Å²) >= 11 is 1.55. The lowest BCUT2D eigenvalue weighted by molar-refractivity contribution is -0.0488. The molecule has 0 aromatic carbocycles. The van der Waals surface area contributed by atoms with Crippen molar-refractivity contribution >= 4 is 16.5 Å². The van der Waals surface area contributed by atoms with Gasteiger partial charge in [0.1, 0.15) is 5.51 Å². The third-order valence-electron chi connectivity index (χ3n) is 3.58. The highest BCUT2D eigenvalue weighted by atomic mass is 32.1. The molecule has 6 heteroatoms. The molecule has 0 spiro atoms. The first kappa shape index (κ1) is 12.7. The number of ether oxygens (including phenoxy) is 1. The van der Waals surface area contributed by atoms with Crippen molar-refractivity contribution in [2.24, 2.45) is 5.92 Å². The zero-order chi connectivity index (χ0) is 12.3. The Morgan fingerprint density at radius 3 is 3.12 bits per heavy atom. The molecule has 1 aliphatic heterocycles. The van der Waals surface area contributed by atoms with Gasteiger partial charge in [0.2, 0.25) is 5.13 Å². The average Bonchev–Trinajstić information content (AvgIpc) is 2.84. The van der Waals surface area contributed by atoms with Crippen molar-refractivity contribution in [1.82, 2.24) is 10.2 Å². The van der Waals surface area contributed by atoms with Crippen LogP contribution in [0, 0.1) is 5.92 Å². The molecular weight excluding hydrogens is 238 g/mol. The number of methoxy groups -OCH3 is 1. The summed E-state index contributed by atoms with van der Waals surface area (Å²) in [6.45, 7) is 4.36. The molecule has 1 fully saturated rings. The maximum absolute atomic E-state index is 10.5. The third-order valence-corrected chi connectivity index (χ3v) is 4.33. The fourth-order valence-electron chi connectivity index (χ4n) is 2.30. The molecule has 17 heavy (non-hydrogen) atoms. The molecule has 0 amide bonds. The highest BCUT2D eigenvalue weighted by Gasteiger charge is 2.38. The van der Waals surface area contributed by atoms with Crippen LogP contribution >= 0.6 is 11.3 Å². The van der Waals surface area contributed by atoms with Crippen molar-refractivity contribution < 1.29 is 9.84 Å². The third kappa shape index (κ3) is 2.75. The van der Waals surface area contributed by atoms with Gasteiger partial charge in [-0.05, 0) is 12.8 Å². The van der Waals surface area contributed by atoms with E-state index in [-0.39, 0.29) is 5.92 Å². The minimum absolute atomic E-state index is 0.218. The first-order chi connectivity index (χ1) is 8.15. The standard InChI is InChI=1S/C11H19N3O2S/c1-9-7-14(10-13-12-8-17-10)5-3-11(9,15)4-6-16-2/h8-9,15H,3-7H2,1-2H3/t9-,11-/m1/s1. The van der Waals surface area contributed by atoms with Crippen molar-refractivity contribution in [2.45, 2.75) is 25.4 Å². The molecule has 5 nitrogen and oxygen atoms in total. The lowest BCUT2D eigenvalue weighted by Gasteiger charge is -2.43. The Bertz CT molecular complexity index is 346. The number of hydrogen-bond acceptors (Lipinski definition) is 6. The Morgan fingerprint density at radius 2 is 2.53 bits per heavy atom. The highest BCUT2D eigenvalue weighted by molar-refractivity contribution is 7.13. The molecule has 96 valence electrons. The molecule has 0 unspecified atom stereocenters. The van der Waals surface area contributed by atoms with Gasteiger partial charge in [0.05, 0.1) is 5.60 Å². The van der Waals surface area contributed by atoms with E-state index < -0.39 is 5.60 Å². The first-order valence-electron chi connectivity index (χ1n) is 5.88. The zero-order valence-electron chi connectivity index (χ0n) is 10.3. The normalized spacial score (nSPS) is 29.6. The maximum atomic E-state index is 10.5. The maximum Gasteiger partial charge on any atom is 0.208 e. The largest absolute Gasteiger partial charge is 0.389 e. The van der Waals surface area contributed by atoms with E-state index in [0.29, 0.717) is 13.0 Å². The van der Waals surface area contributed by atoms with E-state index in [2.05, 4.69) is 22.0 Å². The van der Waals surface area contributed by atoms with Crippen molar-refractivity contribution in [3.63, 3.8) is 0 Å². The van der Waals surface area contributed by atoms with E-state index in [1.807, 2.05) is 0 Å². The van der Waals surface area contributed by atoms with Crippen LogP contribution in [0.3, 0.4) is 0 Å². The Labute approximate surface area is 105 Å². The van der Waals surface area contributed by atoms with Gasteiger partial charge in [0.25, 0.3) is 0 Å². The molecule has 2 heterocycles. The summed E-state index contributed by atoms with van der Waals surface area (Å²) in [5, 5.41) is 19.4. The van der Waals surface area contributed by atoms with Gasteiger partial charge in [-0.3, -0.25) is 0 Å². The smallest absolute Gasteiger partial charge is 0.208 e. The average molecular weight is 257 g/mol. The first-order valence-corrected chi connectivity index (χ1v) is 6.76. The summed E-state index contributed by atoms with van der Waals surface area (Å²) in [5.74, 6) is 0.218. The van der Waals surface area contributed by atoms with Crippen molar-refractivity contribution in [2.75, 3.05) is 31.7 Å². The van der Waals surface area contributed by atoms with Gasteiger partial charge in [-0.1, -0.05) is 18.3 Å². The molecule has 1 aromatic rings. The molecular formula is C11H19N3O2S. The van der Waals surface area contributed by atoms with Gasteiger partial charge in [-0.2, -0.15) is 0 Å². The molecule has 0 radical (unpaired) electrons. The SMILES string of the molecule is COCC[C@]1(O)CCN(c2nncs2)C[C@H]1C. The topological polar surface area (TPSA) is 58.5 Å². The number of nitrogens with zero attached hydrogens (tertiary/aromatic N) is 3. The van der Waals surface area contributed by atoms with Crippen LogP contribution in [0.2, 0.25) is 0 Å². The lowest BCUT2D eigenvalue weighted by atomic mass is 9.80. The molecule has 0 aliphatic carbocycles. The van der Waals surface area contributed by atoms with Gasteiger partial charge < -0.3 is 14.7 Å². The molecule has 0 bridgehead atoms. The van der Waals surface area contributed by atoms with Gasteiger partial charge in [-0.15, -0.1) is 10.2 Å². The molecule has 1 aliphatic rings. The second-order valence-corrected chi connectivity index (χ2v) is 5.48. The van der Waals surface area contributed by atoms with Crippen LogP contribution in [0.1, 0.15) is 19.8 Å². The van der Waals surface area contributed by atoms with E-state index >= 15 is 0 Å². The minimum atomic E-state index is -0.600. The van der Waals surface area contributed by atoms with Crippen LogP contribution in [0.15, 0.2) is 5.51 Å². The molecule has 2 rings (SSSR count). The van der Waals surface area contributed by atoms with Crippen LogP contribution in [0.25, 0.3) is 0 Å².